The number of benzene rings is 3. The average molecular weight is 536 g/mol. The van der Waals surface area contributed by atoms with Crippen LogP contribution in [0.5, 0.6) is 5.75 Å². The fourth-order valence-corrected chi connectivity index (χ4v) is 4.94. The molecule has 3 N–H and O–H groups in total. The zero-order chi connectivity index (χ0) is 26.3. The van der Waals surface area contributed by atoms with Gasteiger partial charge in [0, 0.05) is 12.1 Å². The molecule has 3 aromatic carbocycles. The maximum Gasteiger partial charge on any atom is 0.387 e. The maximum absolute atomic E-state index is 13.5. The van der Waals surface area contributed by atoms with Crippen LogP contribution >= 0.6 is 11.6 Å². The molecule has 1 aliphatic heterocycles. The van der Waals surface area contributed by atoms with Crippen LogP contribution in [0.15, 0.2) is 71.7 Å². The van der Waals surface area contributed by atoms with Crippen molar-refractivity contribution >= 4 is 33.6 Å². The number of guanidine groups is 1. The number of carbonyl (C=O) groups excluding carboxylic acids is 1. The Balaban J connectivity index is 1.84. The third-order valence-corrected chi connectivity index (χ3v) is 6.57. The smallest absolute Gasteiger partial charge is 0.387 e. The number of aliphatic imine (C=N–C) groups is 1. The Bertz CT molecular complexity index is 1460. The summed E-state index contributed by atoms with van der Waals surface area (Å²) < 4.78 is 61.6. The van der Waals surface area contributed by atoms with Gasteiger partial charge in [-0.1, -0.05) is 41.9 Å². The molecule has 0 saturated carbocycles. The first-order chi connectivity index (χ1) is 16.9. The molecule has 0 bridgehead atoms. The minimum absolute atomic E-state index is 0.0310. The summed E-state index contributed by atoms with van der Waals surface area (Å²) in [6, 6.07) is 16.9. The van der Waals surface area contributed by atoms with E-state index in [0.29, 0.717) is 22.3 Å². The van der Waals surface area contributed by atoms with Gasteiger partial charge in [0.2, 0.25) is 0 Å². The lowest BCUT2D eigenvalue weighted by molar-refractivity contribution is -0.129. The fraction of sp³-hybridized carbons (Fsp3) is 0.167. The van der Waals surface area contributed by atoms with E-state index in [0.717, 1.165) is 0 Å². The van der Waals surface area contributed by atoms with Crippen LogP contribution in [0.2, 0.25) is 5.02 Å². The molecule has 1 heterocycles. The monoisotopic (exact) mass is 535 g/mol. The Labute approximate surface area is 210 Å². The number of nitrogens with two attached hydrogens (primary N) is 1. The van der Waals surface area contributed by atoms with E-state index in [-0.39, 0.29) is 22.3 Å². The number of hydrogen-bond donors (Lipinski definition) is 2. The summed E-state index contributed by atoms with van der Waals surface area (Å²) in [5.74, 6) is -1.20. The van der Waals surface area contributed by atoms with Gasteiger partial charge in [-0.2, -0.15) is 17.2 Å². The minimum atomic E-state index is -4.29. The third kappa shape index (κ3) is 5.03. The van der Waals surface area contributed by atoms with Gasteiger partial charge in [-0.3, -0.25) is 14.2 Å². The van der Waals surface area contributed by atoms with Crippen LogP contribution in [0.1, 0.15) is 16.7 Å². The molecule has 36 heavy (non-hydrogen) atoms. The van der Waals surface area contributed by atoms with Crippen LogP contribution in [-0.2, 0) is 26.2 Å². The van der Waals surface area contributed by atoms with Gasteiger partial charge in [-0.05, 0) is 64.2 Å². The number of nitrogens with zero attached hydrogens (tertiary/aromatic N) is 2. The standard InChI is InChI=1S/C24H20ClF2N3O5S/c1-30-21(31)24(29-23(30)28,17-5-7-20(8-6-17)35-22(26)27)18-4-2-3-15(11-18)16-9-14(10-19(25)12-16)13-36(32,33)34/h2-12,22H,13H2,1H3,(H2,28,29)(H,32,33,34). The summed E-state index contributed by atoms with van der Waals surface area (Å²) in [4.78, 5) is 19.1. The predicted molar refractivity (Wildman–Crippen MR) is 130 cm³/mol. The molecule has 12 heteroatoms. The highest BCUT2D eigenvalue weighted by atomic mass is 35.5. The number of halogens is 3. The van der Waals surface area contributed by atoms with Crippen LogP contribution < -0.4 is 10.5 Å². The second-order valence-electron chi connectivity index (χ2n) is 8.10. The van der Waals surface area contributed by atoms with Crippen molar-refractivity contribution in [1.82, 2.24) is 4.90 Å². The molecule has 1 amide bonds. The number of rotatable bonds is 7. The topological polar surface area (TPSA) is 122 Å². The number of hydrogen-bond acceptors (Lipinski definition) is 6. The van der Waals surface area contributed by atoms with Gasteiger partial charge in [-0.25, -0.2) is 4.99 Å². The molecule has 0 radical (unpaired) electrons. The Hall–Kier alpha value is -3.54. The molecular weight excluding hydrogens is 516 g/mol. The van der Waals surface area contributed by atoms with Crippen molar-refractivity contribution in [2.24, 2.45) is 10.7 Å². The predicted octanol–water partition coefficient (Wildman–Crippen LogP) is 4.03. The van der Waals surface area contributed by atoms with Crippen molar-refractivity contribution in [1.29, 1.82) is 0 Å². The summed E-state index contributed by atoms with van der Waals surface area (Å²) in [7, 11) is -2.82. The van der Waals surface area contributed by atoms with Gasteiger partial charge in [0.05, 0.1) is 0 Å². The number of carbonyl (C=O) groups is 1. The van der Waals surface area contributed by atoms with Crippen LogP contribution in [0.25, 0.3) is 11.1 Å². The lowest BCUT2D eigenvalue weighted by atomic mass is 9.81. The summed E-state index contributed by atoms with van der Waals surface area (Å²) in [5.41, 5.74) is 6.58. The van der Waals surface area contributed by atoms with Crippen LogP contribution in [-0.4, -0.2) is 43.4 Å². The maximum atomic E-state index is 13.5. The van der Waals surface area contributed by atoms with E-state index in [9.17, 15) is 26.5 Å². The largest absolute Gasteiger partial charge is 0.435 e. The molecule has 4 rings (SSSR count). The van der Waals surface area contributed by atoms with Crippen LogP contribution in [0, 0.1) is 0 Å². The number of amides is 1. The van der Waals surface area contributed by atoms with Crippen molar-refractivity contribution in [3.63, 3.8) is 0 Å². The van der Waals surface area contributed by atoms with E-state index in [1.54, 1.807) is 36.4 Å². The summed E-state index contributed by atoms with van der Waals surface area (Å²) >= 11 is 6.19. The lowest BCUT2D eigenvalue weighted by Crippen LogP contribution is -2.41. The molecule has 0 saturated heterocycles. The van der Waals surface area contributed by atoms with Gasteiger partial charge in [-0.15, -0.1) is 0 Å². The molecule has 0 fully saturated rings. The van der Waals surface area contributed by atoms with E-state index in [2.05, 4.69) is 9.73 Å². The first kappa shape index (κ1) is 25.5. The number of likely N-dealkylation sites (N-methyl/N-ethyl adjacent to an activating group) is 1. The molecule has 0 spiro atoms. The zero-order valence-corrected chi connectivity index (χ0v) is 20.3. The summed E-state index contributed by atoms with van der Waals surface area (Å²) in [6.07, 6.45) is 0. The van der Waals surface area contributed by atoms with E-state index < -0.39 is 33.9 Å². The quantitative estimate of drug-likeness (QED) is 0.440. The molecule has 3 aromatic rings. The fourth-order valence-electron chi connectivity index (χ4n) is 4.10. The zero-order valence-electron chi connectivity index (χ0n) is 18.7. The normalized spacial score (nSPS) is 18.0. The van der Waals surface area contributed by atoms with Crippen molar-refractivity contribution < 1.29 is 31.3 Å². The van der Waals surface area contributed by atoms with Crippen molar-refractivity contribution in [3.8, 4) is 16.9 Å². The van der Waals surface area contributed by atoms with Crippen LogP contribution in [0.3, 0.4) is 0 Å². The van der Waals surface area contributed by atoms with Gasteiger partial charge < -0.3 is 10.5 Å². The molecular formula is C24H20ClF2N3O5S. The van der Waals surface area contributed by atoms with Gasteiger partial charge in [0.25, 0.3) is 16.0 Å². The molecule has 1 aliphatic rings. The first-order valence-electron chi connectivity index (χ1n) is 10.4. The van der Waals surface area contributed by atoms with Gasteiger partial charge in [0.1, 0.15) is 11.5 Å². The lowest BCUT2D eigenvalue weighted by Gasteiger charge is -2.26. The highest BCUT2D eigenvalue weighted by Gasteiger charge is 2.49. The van der Waals surface area contributed by atoms with Crippen LogP contribution in [0.4, 0.5) is 8.78 Å². The van der Waals surface area contributed by atoms with Gasteiger partial charge >= 0.3 is 6.61 Å². The molecule has 8 nitrogen and oxygen atoms in total. The average Bonchev–Trinajstić information content (AvgIpc) is 3.02. The van der Waals surface area contributed by atoms with Crippen molar-refractivity contribution in [2.45, 2.75) is 17.9 Å². The van der Waals surface area contributed by atoms with E-state index in [4.69, 9.17) is 17.3 Å². The molecule has 0 aliphatic carbocycles. The molecule has 1 atom stereocenters. The van der Waals surface area contributed by atoms with Gasteiger partial charge in [0.15, 0.2) is 11.5 Å². The first-order valence-corrected chi connectivity index (χ1v) is 12.4. The van der Waals surface area contributed by atoms with E-state index >= 15 is 0 Å². The molecule has 188 valence electrons. The number of alkyl halides is 2. The van der Waals surface area contributed by atoms with E-state index in [1.165, 1.54) is 42.3 Å². The number of ether oxygens (including phenoxy) is 1. The summed E-state index contributed by atoms with van der Waals surface area (Å²) in [6.45, 7) is -3.00. The summed E-state index contributed by atoms with van der Waals surface area (Å²) in [5, 5.41) is 0.250. The Morgan fingerprint density at radius 1 is 1.08 bits per heavy atom. The van der Waals surface area contributed by atoms with Crippen molar-refractivity contribution in [2.75, 3.05) is 7.05 Å². The van der Waals surface area contributed by atoms with Crippen molar-refractivity contribution in [3.05, 3.63) is 88.4 Å². The molecule has 0 aromatic heterocycles. The highest BCUT2D eigenvalue weighted by molar-refractivity contribution is 7.85. The van der Waals surface area contributed by atoms with E-state index in [1.807, 2.05) is 0 Å². The highest BCUT2D eigenvalue weighted by Crippen LogP contribution is 2.41. The molecule has 1 unspecified atom stereocenters. The Kier molecular flexibility index (Phi) is 6.74. The Morgan fingerprint density at radius 2 is 1.78 bits per heavy atom. The second-order valence-corrected chi connectivity index (χ2v) is 9.99. The second kappa shape index (κ2) is 9.49. The third-order valence-electron chi connectivity index (χ3n) is 5.66. The Morgan fingerprint density at radius 3 is 2.36 bits per heavy atom. The minimum Gasteiger partial charge on any atom is -0.435 e. The SMILES string of the molecule is CN1C(=O)C(c2ccc(OC(F)F)cc2)(c2cccc(-c3cc(Cl)cc(CS(=O)(=O)O)c3)c2)N=C1N.